The maximum Gasteiger partial charge on any atom is 0.415 e. The van der Waals surface area contributed by atoms with Gasteiger partial charge in [0.05, 0.1) is 7.11 Å². The predicted octanol–water partition coefficient (Wildman–Crippen LogP) is 3.69. The Morgan fingerprint density at radius 1 is 1.33 bits per heavy atom. The quantitative estimate of drug-likeness (QED) is 0.567. The molecular formula is C17H29BN2O4. The Balaban J connectivity index is 3.31. The Hall–Kier alpha value is -1.92. The lowest BCUT2D eigenvalue weighted by Gasteiger charge is -2.46. The average molecular weight is 336 g/mol. The Morgan fingerprint density at radius 3 is 2.33 bits per heavy atom. The second-order valence-corrected chi connectivity index (χ2v) is 6.82. The van der Waals surface area contributed by atoms with Crippen molar-refractivity contribution < 1.29 is 19.0 Å². The van der Waals surface area contributed by atoms with Crippen molar-refractivity contribution in [1.29, 1.82) is 0 Å². The normalized spacial score (nSPS) is 18.7. The Labute approximate surface area is 145 Å². The van der Waals surface area contributed by atoms with Gasteiger partial charge < -0.3 is 9.39 Å². The van der Waals surface area contributed by atoms with Crippen molar-refractivity contribution in [3.63, 3.8) is 0 Å². The molecule has 0 aromatic carbocycles. The molecule has 0 spiro atoms. The van der Waals surface area contributed by atoms with E-state index in [0.717, 1.165) is 12.6 Å². The molecule has 2 amide bonds. The van der Waals surface area contributed by atoms with E-state index in [1.54, 1.807) is 6.08 Å². The maximum absolute atomic E-state index is 12.6. The SMILES string of the molecule is C/C=C(\OB(CC)CC)N1C(=O)C=CN(C(=O)OC)[C@H]1C(C)(C)C. The van der Waals surface area contributed by atoms with Crippen LogP contribution in [0.4, 0.5) is 4.79 Å². The predicted molar refractivity (Wildman–Crippen MR) is 95.0 cm³/mol. The highest BCUT2D eigenvalue weighted by Crippen LogP contribution is 2.34. The van der Waals surface area contributed by atoms with E-state index in [2.05, 4.69) is 0 Å². The standard InChI is InChI=1S/C17H29BN2O4/c1-8-14(24-18(9-2)10-3)20-13(21)11-12-19(16(22)23-7)15(20)17(4,5)6/h8,11-12,15H,9-10H2,1-7H3/b14-8-/t15-/m1/s1. The summed E-state index contributed by atoms with van der Waals surface area (Å²) in [4.78, 5) is 27.8. The molecule has 0 radical (unpaired) electrons. The van der Waals surface area contributed by atoms with Gasteiger partial charge in [-0.15, -0.1) is 0 Å². The van der Waals surface area contributed by atoms with Gasteiger partial charge in [-0.2, -0.15) is 0 Å². The molecule has 0 aromatic heterocycles. The van der Waals surface area contributed by atoms with Crippen molar-refractivity contribution >= 4 is 18.9 Å². The molecule has 1 aliphatic heterocycles. The van der Waals surface area contributed by atoms with E-state index in [4.69, 9.17) is 9.39 Å². The van der Waals surface area contributed by atoms with E-state index in [0.29, 0.717) is 5.88 Å². The summed E-state index contributed by atoms with van der Waals surface area (Å²) in [6, 6.07) is 0. The lowest BCUT2D eigenvalue weighted by atomic mass is 9.62. The van der Waals surface area contributed by atoms with Crippen LogP contribution in [0, 0.1) is 5.41 Å². The zero-order chi connectivity index (χ0) is 18.5. The minimum absolute atomic E-state index is 0.0158. The van der Waals surface area contributed by atoms with Crippen molar-refractivity contribution in [2.75, 3.05) is 7.11 Å². The van der Waals surface area contributed by atoms with Gasteiger partial charge in [-0.3, -0.25) is 14.6 Å². The molecule has 0 saturated carbocycles. The molecule has 0 saturated heterocycles. The third-order valence-corrected chi connectivity index (χ3v) is 3.97. The van der Waals surface area contributed by atoms with Crippen LogP contribution < -0.4 is 0 Å². The molecule has 0 aromatic rings. The third-order valence-electron chi connectivity index (χ3n) is 3.97. The lowest BCUT2D eigenvalue weighted by Crippen LogP contribution is -2.59. The minimum Gasteiger partial charge on any atom is -0.549 e. The largest absolute Gasteiger partial charge is 0.549 e. The molecule has 0 fully saturated rings. The molecule has 0 aliphatic carbocycles. The van der Waals surface area contributed by atoms with Crippen molar-refractivity contribution in [3.8, 4) is 0 Å². The molecule has 1 rings (SSSR count). The van der Waals surface area contributed by atoms with E-state index >= 15 is 0 Å². The number of hydrogen-bond acceptors (Lipinski definition) is 4. The molecular weight excluding hydrogens is 307 g/mol. The Morgan fingerprint density at radius 2 is 1.92 bits per heavy atom. The molecule has 1 atom stereocenters. The molecule has 7 heteroatoms. The van der Waals surface area contributed by atoms with Crippen molar-refractivity contribution in [2.24, 2.45) is 5.41 Å². The van der Waals surface area contributed by atoms with Crippen LogP contribution in [0.2, 0.25) is 12.6 Å². The summed E-state index contributed by atoms with van der Waals surface area (Å²) in [6.07, 6.45) is 5.23. The molecule has 1 aliphatic rings. The zero-order valence-electron chi connectivity index (χ0n) is 15.8. The first-order chi connectivity index (χ1) is 11.2. The van der Waals surface area contributed by atoms with Crippen LogP contribution in [0.15, 0.2) is 24.2 Å². The number of amides is 2. The molecule has 0 unspecified atom stereocenters. The van der Waals surface area contributed by atoms with Crippen LogP contribution in [0.25, 0.3) is 0 Å². The fourth-order valence-electron chi connectivity index (χ4n) is 2.74. The average Bonchev–Trinajstić information content (AvgIpc) is 2.54. The second-order valence-electron chi connectivity index (χ2n) is 6.82. The van der Waals surface area contributed by atoms with E-state index in [9.17, 15) is 9.59 Å². The summed E-state index contributed by atoms with van der Waals surface area (Å²) < 4.78 is 10.9. The highest BCUT2D eigenvalue weighted by molar-refractivity contribution is 6.51. The third kappa shape index (κ3) is 4.33. The number of rotatable bonds is 5. The first-order valence-corrected chi connectivity index (χ1v) is 8.41. The van der Waals surface area contributed by atoms with Gasteiger partial charge in [0.15, 0.2) is 5.88 Å². The van der Waals surface area contributed by atoms with Crippen molar-refractivity contribution in [1.82, 2.24) is 9.80 Å². The van der Waals surface area contributed by atoms with Gasteiger partial charge in [-0.25, -0.2) is 4.79 Å². The number of methoxy groups -OCH3 is 1. The molecule has 0 N–H and O–H groups in total. The maximum atomic E-state index is 12.6. The van der Waals surface area contributed by atoms with E-state index in [-0.39, 0.29) is 12.8 Å². The number of hydrogen-bond donors (Lipinski definition) is 0. The fraction of sp³-hybridized carbons (Fsp3) is 0.647. The number of carbonyl (C=O) groups excluding carboxylic acids is 2. The van der Waals surface area contributed by atoms with Crippen LogP contribution >= 0.6 is 0 Å². The lowest BCUT2D eigenvalue weighted by molar-refractivity contribution is -0.136. The van der Waals surface area contributed by atoms with Crippen LogP contribution in [0.3, 0.4) is 0 Å². The van der Waals surface area contributed by atoms with Gasteiger partial charge in [-0.05, 0) is 25.6 Å². The summed E-state index contributed by atoms with van der Waals surface area (Å²) >= 11 is 0. The van der Waals surface area contributed by atoms with Gasteiger partial charge in [0, 0.05) is 17.7 Å². The van der Waals surface area contributed by atoms with E-state index in [1.165, 1.54) is 29.2 Å². The summed E-state index contributed by atoms with van der Waals surface area (Å²) in [5.41, 5.74) is -0.403. The molecule has 0 bridgehead atoms. The smallest absolute Gasteiger partial charge is 0.415 e. The minimum atomic E-state index is -0.539. The summed E-state index contributed by atoms with van der Waals surface area (Å²) in [7, 11) is 1.33. The number of nitrogens with zero attached hydrogens (tertiary/aromatic N) is 2. The second kappa shape index (κ2) is 8.26. The Kier molecular flexibility index (Phi) is 6.93. The molecule has 6 nitrogen and oxygen atoms in total. The molecule has 24 heavy (non-hydrogen) atoms. The number of allylic oxidation sites excluding steroid dienone is 1. The van der Waals surface area contributed by atoms with E-state index < -0.39 is 17.7 Å². The van der Waals surface area contributed by atoms with Crippen LogP contribution in [-0.2, 0) is 14.2 Å². The van der Waals surface area contributed by atoms with Gasteiger partial charge >= 0.3 is 13.0 Å². The molecule has 134 valence electrons. The van der Waals surface area contributed by atoms with Crippen LogP contribution in [0.1, 0.15) is 41.5 Å². The number of ether oxygens (including phenoxy) is 1. The highest BCUT2D eigenvalue weighted by atomic mass is 16.5. The van der Waals surface area contributed by atoms with Gasteiger partial charge in [-0.1, -0.05) is 34.6 Å². The first-order valence-electron chi connectivity index (χ1n) is 8.41. The van der Waals surface area contributed by atoms with Gasteiger partial charge in [0.2, 0.25) is 0 Å². The summed E-state index contributed by atoms with van der Waals surface area (Å²) in [5.74, 6) is 0.251. The van der Waals surface area contributed by atoms with Crippen molar-refractivity contribution in [2.45, 2.75) is 60.3 Å². The summed E-state index contributed by atoms with van der Waals surface area (Å²) in [5, 5.41) is 0. The first kappa shape index (κ1) is 20.1. The monoisotopic (exact) mass is 336 g/mol. The van der Waals surface area contributed by atoms with Crippen LogP contribution in [-0.4, -0.2) is 42.0 Å². The Bertz CT molecular complexity index is 521. The highest BCUT2D eigenvalue weighted by Gasteiger charge is 2.44. The van der Waals surface area contributed by atoms with Gasteiger partial charge in [0.1, 0.15) is 6.17 Å². The number of carbonyl (C=O) groups is 2. The fourth-order valence-corrected chi connectivity index (χ4v) is 2.74. The summed E-state index contributed by atoms with van der Waals surface area (Å²) in [6.45, 7) is 11.8. The topological polar surface area (TPSA) is 59.1 Å². The van der Waals surface area contributed by atoms with Crippen molar-refractivity contribution in [3.05, 3.63) is 24.2 Å². The van der Waals surface area contributed by atoms with Gasteiger partial charge in [0.25, 0.3) is 5.91 Å². The van der Waals surface area contributed by atoms with E-state index in [1.807, 2.05) is 41.5 Å². The zero-order valence-corrected chi connectivity index (χ0v) is 15.8. The molecule has 1 heterocycles. The van der Waals surface area contributed by atoms with Crippen LogP contribution in [0.5, 0.6) is 0 Å².